The van der Waals surface area contributed by atoms with E-state index in [1.807, 2.05) is 51.1 Å². The van der Waals surface area contributed by atoms with Crippen molar-refractivity contribution >= 4 is 40.7 Å². The third-order valence-corrected chi connectivity index (χ3v) is 6.15. The summed E-state index contributed by atoms with van der Waals surface area (Å²) in [6.45, 7) is 5.82. The number of rotatable bonds is 8. The third kappa shape index (κ3) is 6.03. The maximum absolute atomic E-state index is 13.6. The fraction of sp³-hybridized carbons (Fsp3) is 0.423. The monoisotopic (exact) mass is 481 g/mol. The lowest BCUT2D eigenvalue weighted by atomic mass is 9.85. The van der Waals surface area contributed by atoms with Crippen molar-refractivity contribution in [3.63, 3.8) is 0 Å². The first kappa shape index (κ1) is 25.9. The molecule has 3 N–H and O–H groups in total. The van der Waals surface area contributed by atoms with E-state index in [2.05, 4.69) is 10.6 Å². The van der Waals surface area contributed by atoms with Crippen molar-refractivity contribution in [3.8, 4) is 0 Å². The quantitative estimate of drug-likeness (QED) is 0.495. The first-order valence-corrected chi connectivity index (χ1v) is 11.6. The van der Waals surface area contributed by atoms with Gasteiger partial charge in [0.1, 0.15) is 18.4 Å². The van der Waals surface area contributed by atoms with Crippen molar-refractivity contribution in [3.05, 3.63) is 48.0 Å². The molecule has 1 aliphatic heterocycles. The average Bonchev–Trinajstić information content (AvgIpc) is 3.30. The first-order chi connectivity index (χ1) is 16.5. The Balaban J connectivity index is 1.81. The van der Waals surface area contributed by atoms with Crippen molar-refractivity contribution in [1.82, 2.24) is 15.5 Å². The van der Waals surface area contributed by atoms with E-state index in [4.69, 9.17) is 5.11 Å². The topological polar surface area (TPSA) is 133 Å². The number of aldehydes is 1. The number of hydrogen-bond acceptors (Lipinski definition) is 5. The second-order valence-electron chi connectivity index (χ2n) is 9.84. The van der Waals surface area contributed by atoms with Gasteiger partial charge in [0, 0.05) is 12.1 Å². The lowest BCUT2D eigenvalue weighted by Crippen LogP contribution is -2.58. The minimum Gasteiger partial charge on any atom is -0.481 e. The zero-order chi connectivity index (χ0) is 25.8. The zero-order valence-corrected chi connectivity index (χ0v) is 20.1. The maximum atomic E-state index is 13.6. The molecule has 0 saturated carbocycles. The molecule has 2 aromatic rings. The Kier molecular flexibility index (Phi) is 7.89. The van der Waals surface area contributed by atoms with Gasteiger partial charge in [-0.3, -0.25) is 19.2 Å². The molecule has 3 rings (SSSR count). The number of carboxylic acids is 1. The highest BCUT2D eigenvalue weighted by Gasteiger charge is 2.42. The van der Waals surface area contributed by atoms with Crippen molar-refractivity contribution in [2.24, 2.45) is 5.41 Å². The number of carbonyl (C=O) groups is 5. The predicted octanol–water partition coefficient (Wildman–Crippen LogP) is 2.13. The van der Waals surface area contributed by atoms with Crippen LogP contribution in [0, 0.1) is 5.41 Å². The Morgan fingerprint density at radius 2 is 1.77 bits per heavy atom. The van der Waals surface area contributed by atoms with Crippen LogP contribution in [0.5, 0.6) is 0 Å². The van der Waals surface area contributed by atoms with Crippen LogP contribution in [0.15, 0.2) is 42.5 Å². The molecule has 1 aliphatic rings. The number of benzene rings is 2. The van der Waals surface area contributed by atoms with Crippen molar-refractivity contribution < 1.29 is 29.1 Å². The molecule has 0 unspecified atom stereocenters. The van der Waals surface area contributed by atoms with E-state index in [0.717, 1.165) is 10.8 Å². The number of hydrogen-bond donors (Lipinski definition) is 3. The highest BCUT2D eigenvalue weighted by molar-refractivity contribution is 6.08. The van der Waals surface area contributed by atoms with Gasteiger partial charge < -0.3 is 25.4 Å². The molecule has 0 aliphatic carbocycles. The normalized spacial score (nSPS) is 17.5. The van der Waals surface area contributed by atoms with Crippen LogP contribution >= 0.6 is 0 Å². The minimum atomic E-state index is -1.22. The smallest absolute Gasteiger partial charge is 0.305 e. The fourth-order valence-corrected chi connectivity index (χ4v) is 4.35. The third-order valence-electron chi connectivity index (χ3n) is 6.15. The zero-order valence-electron chi connectivity index (χ0n) is 20.1. The molecular weight excluding hydrogens is 450 g/mol. The first-order valence-electron chi connectivity index (χ1n) is 11.6. The summed E-state index contributed by atoms with van der Waals surface area (Å²) in [6.07, 6.45) is 0.782. The van der Waals surface area contributed by atoms with Crippen LogP contribution in [0.1, 0.15) is 50.4 Å². The van der Waals surface area contributed by atoms with Crippen LogP contribution in [0.4, 0.5) is 0 Å². The molecule has 1 fully saturated rings. The van der Waals surface area contributed by atoms with Crippen molar-refractivity contribution in [2.45, 2.75) is 58.2 Å². The molecule has 35 heavy (non-hydrogen) atoms. The second-order valence-corrected chi connectivity index (χ2v) is 9.84. The lowest BCUT2D eigenvalue weighted by molar-refractivity contribution is -0.143. The summed E-state index contributed by atoms with van der Waals surface area (Å²) in [7, 11) is 0. The summed E-state index contributed by atoms with van der Waals surface area (Å²) in [5.41, 5.74) is -0.210. The molecule has 186 valence electrons. The average molecular weight is 482 g/mol. The molecule has 3 atom stereocenters. The van der Waals surface area contributed by atoms with E-state index in [1.54, 1.807) is 12.1 Å². The standard InChI is InChI=1S/C26H31N3O6/c1-26(2,3)22(28-23(33)19-11-6-9-16-8-4-5-10-18(16)19)25(35)29-13-7-12-20(29)24(34)27-17(15-30)14-21(31)32/h4-6,8-11,15,17,20,22H,7,12-14H2,1-3H3,(H,27,34)(H,28,33)(H,31,32)/t17-,20-,22+/m0/s1. The van der Waals surface area contributed by atoms with Gasteiger partial charge in [0.15, 0.2) is 0 Å². The molecular formula is C26H31N3O6. The molecule has 0 spiro atoms. The van der Waals surface area contributed by atoms with E-state index < -0.39 is 53.7 Å². The number of nitrogens with zero attached hydrogens (tertiary/aromatic N) is 1. The van der Waals surface area contributed by atoms with E-state index in [-0.39, 0.29) is 0 Å². The predicted molar refractivity (Wildman–Crippen MR) is 130 cm³/mol. The summed E-state index contributed by atoms with van der Waals surface area (Å²) < 4.78 is 0. The Morgan fingerprint density at radius 3 is 2.43 bits per heavy atom. The van der Waals surface area contributed by atoms with Gasteiger partial charge in [0.2, 0.25) is 11.8 Å². The number of carbonyl (C=O) groups excluding carboxylic acids is 4. The van der Waals surface area contributed by atoms with Crippen LogP contribution in [0.25, 0.3) is 10.8 Å². The summed E-state index contributed by atoms with van der Waals surface area (Å²) in [6, 6.07) is 9.93. The molecule has 9 heteroatoms. The maximum Gasteiger partial charge on any atom is 0.305 e. The molecule has 3 amide bonds. The van der Waals surface area contributed by atoms with Gasteiger partial charge >= 0.3 is 5.97 Å². The fourth-order valence-electron chi connectivity index (χ4n) is 4.35. The van der Waals surface area contributed by atoms with Crippen LogP contribution in [0.2, 0.25) is 0 Å². The van der Waals surface area contributed by atoms with E-state index in [1.165, 1.54) is 4.90 Å². The molecule has 0 radical (unpaired) electrons. The highest BCUT2D eigenvalue weighted by Crippen LogP contribution is 2.27. The second kappa shape index (κ2) is 10.7. The molecule has 0 aromatic heterocycles. The lowest BCUT2D eigenvalue weighted by Gasteiger charge is -2.35. The van der Waals surface area contributed by atoms with Gasteiger partial charge in [-0.25, -0.2) is 0 Å². The number of amides is 3. The van der Waals surface area contributed by atoms with Gasteiger partial charge in [0.25, 0.3) is 5.91 Å². The van der Waals surface area contributed by atoms with Gasteiger partial charge in [-0.15, -0.1) is 0 Å². The Bertz CT molecular complexity index is 1130. The van der Waals surface area contributed by atoms with Crippen LogP contribution in [-0.2, 0) is 19.2 Å². The summed E-state index contributed by atoms with van der Waals surface area (Å²) in [4.78, 5) is 63.3. The summed E-state index contributed by atoms with van der Waals surface area (Å²) >= 11 is 0. The van der Waals surface area contributed by atoms with Crippen LogP contribution in [-0.4, -0.2) is 64.7 Å². The molecule has 9 nitrogen and oxygen atoms in total. The Morgan fingerprint density at radius 1 is 1.09 bits per heavy atom. The van der Waals surface area contributed by atoms with E-state index in [0.29, 0.717) is 31.2 Å². The van der Waals surface area contributed by atoms with Crippen LogP contribution in [0.3, 0.4) is 0 Å². The van der Waals surface area contributed by atoms with Gasteiger partial charge in [-0.1, -0.05) is 57.2 Å². The van der Waals surface area contributed by atoms with Crippen molar-refractivity contribution in [1.29, 1.82) is 0 Å². The van der Waals surface area contributed by atoms with E-state index >= 15 is 0 Å². The summed E-state index contributed by atoms with van der Waals surface area (Å²) in [5.74, 6) is -2.59. The number of aliphatic carboxylic acids is 1. The number of likely N-dealkylation sites (tertiary alicyclic amines) is 1. The van der Waals surface area contributed by atoms with Gasteiger partial charge in [-0.2, -0.15) is 0 Å². The highest BCUT2D eigenvalue weighted by atomic mass is 16.4. The number of fused-ring (bicyclic) bond motifs is 1. The SMILES string of the molecule is CC(C)(C)[C@H](NC(=O)c1cccc2ccccc12)C(=O)N1CCC[C@H]1C(=O)N[C@H](C=O)CC(=O)O. The van der Waals surface area contributed by atoms with E-state index in [9.17, 15) is 24.0 Å². The Labute approximate surface area is 203 Å². The van der Waals surface area contributed by atoms with Crippen molar-refractivity contribution in [2.75, 3.05) is 6.54 Å². The minimum absolute atomic E-state index is 0.318. The largest absolute Gasteiger partial charge is 0.481 e. The molecule has 1 heterocycles. The summed E-state index contributed by atoms with van der Waals surface area (Å²) in [5, 5.41) is 15.9. The molecule has 1 saturated heterocycles. The number of nitrogens with one attached hydrogen (secondary N) is 2. The molecule has 0 bridgehead atoms. The van der Waals surface area contributed by atoms with Crippen LogP contribution < -0.4 is 10.6 Å². The molecule has 2 aromatic carbocycles. The van der Waals surface area contributed by atoms with Gasteiger partial charge in [-0.05, 0) is 35.1 Å². The van der Waals surface area contributed by atoms with Gasteiger partial charge in [0.05, 0.1) is 12.5 Å². The Hall–Kier alpha value is -3.75. The number of carboxylic acid groups (broad SMARTS) is 1.